The second kappa shape index (κ2) is 4.35. The number of nitrogens with zero attached hydrogens (tertiary/aromatic N) is 1. The SMILES string of the molecule is CC(C)(C)C(C)(C#N)Nc1ccc(Cl)cc1. The second-order valence-electron chi connectivity index (χ2n) is 5.12. The van der Waals surface area contributed by atoms with E-state index in [9.17, 15) is 5.26 Å². The second-order valence-corrected chi connectivity index (χ2v) is 5.56. The van der Waals surface area contributed by atoms with E-state index in [-0.39, 0.29) is 5.41 Å². The average molecular weight is 237 g/mol. The third-order valence-corrected chi connectivity index (χ3v) is 3.21. The molecule has 0 bridgehead atoms. The highest BCUT2D eigenvalue weighted by Gasteiger charge is 2.37. The molecule has 0 aliphatic carbocycles. The molecule has 2 nitrogen and oxygen atoms in total. The highest BCUT2D eigenvalue weighted by atomic mass is 35.5. The molecule has 0 amide bonds. The smallest absolute Gasteiger partial charge is 0.127 e. The molecular formula is C13H17ClN2. The lowest BCUT2D eigenvalue weighted by molar-refractivity contribution is 0.293. The fraction of sp³-hybridized carbons (Fsp3) is 0.462. The van der Waals surface area contributed by atoms with E-state index in [1.54, 1.807) is 0 Å². The lowest BCUT2D eigenvalue weighted by Gasteiger charge is -2.37. The van der Waals surface area contributed by atoms with Crippen LogP contribution in [-0.2, 0) is 0 Å². The minimum absolute atomic E-state index is 0.151. The van der Waals surface area contributed by atoms with Gasteiger partial charge in [0.1, 0.15) is 5.54 Å². The molecule has 0 saturated carbocycles. The lowest BCUT2D eigenvalue weighted by Crippen LogP contribution is -2.45. The van der Waals surface area contributed by atoms with Crippen molar-refractivity contribution in [3.8, 4) is 6.07 Å². The summed E-state index contributed by atoms with van der Waals surface area (Å²) < 4.78 is 0. The zero-order valence-electron chi connectivity index (χ0n) is 10.1. The summed E-state index contributed by atoms with van der Waals surface area (Å²) in [7, 11) is 0. The molecule has 1 atom stereocenters. The van der Waals surface area contributed by atoms with Crippen molar-refractivity contribution in [1.82, 2.24) is 0 Å². The summed E-state index contributed by atoms with van der Waals surface area (Å²) in [6, 6.07) is 9.71. The van der Waals surface area contributed by atoms with Gasteiger partial charge in [0.2, 0.25) is 0 Å². The molecule has 1 unspecified atom stereocenters. The van der Waals surface area contributed by atoms with Crippen LogP contribution in [-0.4, -0.2) is 5.54 Å². The summed E-state index contributed by atoms with van der Waals surface area (Å²) in [5.74, 6) is 0. The summed E-state index contributed by atoms with van der Waals surface area (Å²) in [4.78, 5) is 0. The third-order valence-electron chi connectivity index (χ3n) is 2.96. The van der Waals surface area contributed by atoms with Crippen molar-refractivity contribution in [2.24, 2.45) is 5.41 Å². The zero-order valence-corrected chi connectivity index (χ0v) is 10.9. The van der Waals surface area contributed by atoms with Gasteiger partial charge in [0, 0.05) is 10.7 Å². The Morgan fingerprint density at radius 1 is 1.12 bits per heavy atom. The standard InChI is InChI=1S/C13H17ClN2/c1-12(2,3)13(4,9-15)16-11-7-5-10(14)6-8-11/h5-8,16H,1-4H3. The van der Waals surface area contributed by atoms with Crippen molar-refractivity contribution in [2.75, 3.05) is 5.32 Å². The Morgan fingerprint density at radius 3 is 2.00 bits per heavy atom. The van der Waals surface area contributed by atoms with E-state index in [0.29, 0.717) is 5.02 Å². The van der Waals surface area contributed by atoms with E-state index in [1.165, 1.54) is 0 Å². The van der Waals surface area contributed by atoms with Gasteiger partial charge in [-0.3, -0.25) is 0 Å². The Hall–Kier alpha value is -1.20. The molecule has 0 aliphatic rings. The summed E-state index contributed by atoms with van der Waals surface area (Å²) >= 11 is 5.81. The summed E-state index contributed by atoms with van der Waals surface area (Å²) in [6.45, 7) is 8.03. The number of hydrogen-bond donors (Lipinski definition) is 1. The molecule has 1 N–H and O–H groups in total. The molecule has 3 heteroatoms. The molecule has 1 aromatic carbocycles. The molecule has 0 fully saturated rings. The van der Waals surface area contributed by atoms with Gasteiger partial charge in [-0.05, 0) is 36.6 Å². The predicted molar refractivity (Wildman–Crippen MR) is 68.5 cm³/mol. The Bertz CT molecular complexity index is 397. The lowest BCUT2D eigenvalue weighted by atomic mass is 9.76. The maximum absolute atomic E-state index is 9.30. The maximum Gasteiger partial charge on any atom is 0.127 e. The minimum atomic E-state index is -0.610. The molecule has 16 heavy (non-hydrogen) atoms. The van der Waals surface area contributed by atoms with E-state index in [2.05, 4.69) is 11.4 Å². The number of nitriles is 1. The fourth-order valence-corrected chi connectivity index (χ4v) is 1.33. The van der Waals surface area contributed by atoms with Crippen molar-refractivity contribution in [1.29, 1.82) is 5.26 Å². The van der Waals surface area contributed by atoms with E-state index in [0.717, 1.165) is 5.69 Å². The first-order valence-electron chi connectivity index (χ1n) is 5.23. The van der Waals surface area contributed by atoms with Gasteiger partial charge in [-0.1, -0.05) is 32.4 Å². The van der Waals surface area contributed by atoms with Gasteiger partial charge in [0.25, 0.3) is 0 Å². The van der Waals surface area contributed by atoms with Crippen molar-refractivity contribution < 1.29 is 0 Å². The van der Waals surface area contributed by atoms with Gasteiger partial charge in [0.05, 0.1) is 6.07 Å². The van der Waals surface area contributed by atoms with Crippen LogP contribution in [0.4, 0.5) is 5.69 Å². The van der Waals surface area contributed by atoms with Crippen molar-refractivity contribution >= 4 is 17.3 Å². The largest absolute Gasteiger partial charge is 0.367 e. The van der Waals surface area contributed by atoms with Crippen LogP contribution in [0.25, 0.3) is 0 Å². The van der Waals surface area contributed by atoms with Crippen LogP contribution in [0, 0.1) is 16.7 Å². The van der Waals surface area contributed by atoms with Gasteiger partial charge >= 0.3 is 0 Å². The van der Waals surface area contributed by atoms with Gasteiger partial charge < -0.3 is 5.32 Å². The first-order valence-corrected chi connectivity index (χ1v) is 5.61. The fourth-order valence-electron chi connectivity index (χ4n) is 1.21. The topological polar surface area (TPSA) is 35.8 Å². The van der Waals surface area contributed by atoms with E-state index in [1.807, 2.05) is 52.0 Å². The number of hydrogen-bond acceptors (Lipinski definition) is 2. The number of halogens is 1. The van der Waals surface area contributed by atoms with Crippen LogP contribution < -0.4 is 5.32 Å². The van der Waals surface area contributed by atoms with Crippen molar-refractivity contribution in [3.05, 3.63) is 29.3 Å². The molecule has 0 aliphatic heterocycles. The van der Waals surface area contributed by atoms with E-state index < -0.39 is 5.54 Å². The van der Waals surface area contributed by atoms with E-state index in [4.69, 9.17) is 11.6 Å². The molecule has 0 aromatic heterocycles. The van der Waals surface area contributed by atoms with Crippen LogP contribution in [0.5, 0.6) is 0 Å². The molecule has 1 rings (SSSR count). The molecule has 1 aromatic rings. The number of anilines is 1. The zero-order chi connectivity index (χ0) is 12.4. The summed E-state index contributed by atoms with van der Waals surface area (Å²) in [6.07, 6.45) is 0. The monoisotopic (exact) mass is 236 g/mol. The van der Waals surface area contributed by atoms with Crippen LogP contribution in [0.3, 0.4) is 0 Å². The average Bonchev–Trinajstić information content (AvgIpc) is 2.19. The molecule has 86 valence electrons. The Kier molecular flexibility index (Phi) is 3.50. The van der Waals surface area contributed by atoms with Gasteiger partial charge in [0.15, 0.2) is 0 Å². The number of nitrogens with one attached hydrogen (secondary N) is 1. The molecule has 0 heterocycles. The first kappa shape index (κ1) is 12.9. The van der Waals surface area contributed by atoms with Gasteiger partial charge in [-0.25, -0.2) is 0 Å². The number of rotatable bonds is 2. The molecule has 0 spiro atoms. The quantitative estimate of drug-likeness (QED) is 0.840. The summed E-state index contributed by atoms with van der Waals surface area (Å²) in [5, 5.41) is 13.2. The molecule has 0 saturated heterocycles. The molecule has 0 radical (unpaired) electrons. The van der Waals surface area contributed by atoms with Gasteiger partial charge in [-0.2, -0.15) is 5.26 Å². The Morgan fingerprint density at radius 2 is 1.62 bits per heavy atom. The van der Waals surface area contributed by atoms with Crippen LogP contribution >= 0.6 is 11.6 Å². The van der Waals surface area contributed by atoms with E-state index >= 15 is 0 Å². The van der Waals surface area contributed by atoms with Gasteiger partial charge in [-0.15, -0.1) is 0 Å². The van der Waals surface area contributed by atoms with Crippen LogP contribution in [0.1, 0.15) is 27.7 Å². The van der Waals surface area contributed by atoms with Crippen LogP contribution in [0.15, 0.2) is 24.3 Å². The normalized spacial score (nSPS) is 15.0. The predicted octanol–water partition coefficient (Wildman–Crippen LogP) is 4.08. The highest BCUT2D eigenvalue weighted by Crippen LogP contribution is 2.33. The van der Waals surface area contributed by atoms with Crippen molar-refractivity contribution in [3.63, 3.8) is 0 Å². The molecular weight excluding hydrogens is 220 g/mol. The Balaban J connectivity index is 2.95. The third kappa shape index (κ3) is 2.68. The van der Waals surface area contributed by atoms with Crippen molar-refractivity contribution in [2.45, 2.75) is 33.2 Å². The Labute approximate surface area is 102 Å². The highest BCUT2D eigenvalue weighted by molar-refractivity contribution is 6.30. The summed E-state index contributed by atoms with van der Waals surface area (Å²) in [5.41, 5.74) is 0.144. The number of benzene rings is 1. The minimum Gasteiger partial charge on any atom is -0.367 e. The first-order chi connectivity index (χ1) is 7.28. The maximum atomic E-state index is 9.30. The van der Waals surface area contributed by atoms with Crippen LogP contribution in [0.2, 0.25) is 5.02 Å².